The topological polar surface area (TPSA) is 202 Å². The number of unbranched alkanes of at least 4 members (excludes halogenated alkanes) is 36. The first-order chi connectivity index (χ1) is 68.1. The van der Waals surface area contributed by atoms with Gasteiger partial charge in [-0.15, -0.1) is 0 Å². The number of hydrogen-bond donors (Lipinski definition) is 0. The number of carbonyl (C=O) groups is 10. The lowest BCUT2D eigenvalue weighted by Gasteiger charge is -2.44. The number of amides is 8. The molecule has 8 unspecified atom stereocenters. The molecule has 0 aromatic heterocycles. The second kappa shape index (κ2) is 56.2. The van der Waals surface area contributed by atoms with Gasteiger partial charge in [-0.3, -0.25) is 58.0 Å². The highest BCUT2D eigenvalue weighted by Crippen LogP contribution is 2.57. The van der Waals surface area contributed by atoms with Crippen LogP contribution >= 0.6 is 0 Å². The van der Waals surface area contributed by atoms with Gasteiger partial charge in [-0.2, -0.15) is 0 Å². The molecule has 0 radical (unpaired) electrons. The number of carbonyl (C=O) groups excluding carboxylic acids is 10. The van der Waals surface area contributed by atoms with Gasteiger partial charge >= 0.3 is 11.9 Å². The van der Waals surface area contributed by atoms with Gasteiger partial charge in [-0.1, -0.05) is 383 Å². The van der Waals surface area contributed by atoms with Crippen molar-refractivity contribution in [2.24, 2.45) is 47.3 Å². The van der Waals surface area contributed by atoms with Crippen LogP contribution < -0.4 is 9.47 Å². The van der Waals surface area contributed by atoms with Crippen molar-refractivity contribution in [3.05, 3.63) is 213 Å². The summed E-state index contributed by atoms with van der Waals surface area (Å²) >= 11 is 0. The van der Waals surface area contributed by atoms with Gasteiger partial charge in [0.1, 0.15) is 11.5 Å². The fraction of sp³-hybridized carbons (Fsp3) is 0.593. The van der Waals surface area contributed by atoms with Crippen molar-refractivity contribution in [3.63, 3.8) is 0 Å². The quantitative estimate of drug-likeness (QED) is 0.0151. The van der Waals surface area contributed by atoms with Crippen LogP contribution in [-0.4, -0.2) is 105 Å². The molecule has 2 fully saturated rings. The molecule has 0 N–H and O–H groups in total. The molecule has 4 aliphatic heterocycles. The summed E-state index contributed by atoms with van der Waals surface area (Å²) in [5.41, 5.74) is 6.50. The number of fused-ring (bicyclic) bond motifs is 5. The van der Waals surface area contributed by atoms with Gasteiger partial charge in [0.05, 0.1) is 38.8 Å². The van der Waals surface area contributed by atoms with Gasteiger partial charge in [0.25, 0.3) is 47.3 Å². The van der Waals surface area contributed by atoms with Crippen LogP contribution in [0.25, 0.3) is 11.1 Å². The lowest BCUT2D eigenvalue weighted by Crippen LogP contribution is -2.35. The fourth-order valence-corrected chi connectivity index (χ4v) is 25.3. The van der Waals surface area contributed by atoms with Crippen LogP contribution in [0.4, 0.5) is 0 Å². The lowest BCUT2D eigenvalue weighted by atomic mass is 9.61. The van der Waals surface area contributed by atoms with Crippen molar-refractivity contribution in [1.29, 1.82) is 0 Å². The predicted molar refractivity (Wildman–Crippen MR) is 558 cm³/mol. The van der Waals surface area contributed by atoms with Crippen molar-refractivity contribution in [2.45, 2.75) is 393 Å². The Balaban J connectivity index is 0.568. The number of esters is 2. The molecule has 6 aromatic carbocycles. The highest BCUT2D eigenvalue weighted by atomic mass is 16.5. The first-order valence-electron chi connectivity index (χ1n) is 56.0. The van der Waals surface area contributed by atoms with Crippen LogP contribution in [0.2, 0.25) is 0 Å². The molecular weight excluding hydrogens is 1730 g/mol. The van der Waals surface area contributed by atoms with Crippen molar-refractivity contribution in [3.8, 4) is 22.6 Å². The molecule has 750 valence electrons. The summed E-state index contributed by atoms with van der Waals surface area (Å²) in [5.74, 6) is 3.61. The molecule has 3 aliphatic carbocycles. The van der Waals surface area contributed by atoms with E-state index in [1.54, 1.807) is 48.5 Å². The first kappa shape index (κ1) is 107. The van der Waals surface area contributed by atoms with Crippen LogP contribution in [0.3, 0.4) is 0 Å². The molecule has 0 bridgehead atoms. The third kappa shape index (κ3) is 28.9. The molecule has 6 aromatic rings. The molecule has 4 heterocycles. The van der Waals surface area contributed by atoms with Gasteiger partial charge in [-0.25, -0.2) is 9.59 Å². The van der Waals surface area contributed by atoms with Crippen molar-refractivity contribution < 1.29 is 57.4 Å². The van der Waals surface area contributed by atoms with E-state index in [0.29, 0.717) is 48.8 Å². The zero-order chi connectivity index (χ0) is 97.5. The lowest BCUT2D eigenvalue weighted by molar-refractivity contribution is -0.138. The summed E-state index contributed by atoms with van der Waals surface area (Å²) in [6, 6.07) is 41.0. The number of hydrogen-bond acceptors (Lipinski definition) is 12. The SMILES string of the molecule is CCCCCCCCC1C(CCCCCC)CCC(CCCCCCCCN2C(=O)C=CC2=O)C1CCCCCCCCN1C(=O)c2ccc(C(=O)Oc3ccc(C4(c5ccc(OC(=O)c6ccc7c(c6)C(=O)N(CCCCCCCCC6C(CCCCCCCCN8C(=O)C=CC8=O)CCC(CCCCCC)C6CCCCCCCC)C7=O)cc5)c5ccccc5-c5ccccc54)cc3)cc2C1=O. The van der Waals surface area contributed by atoms with Gasteiger partial charge < -0.3 is 9.47 Å². The summed E-state index contributed by atoms with van der Waals surface area (Å²) in [6.45, 7) is 10.9. The van der Waals surface area contributed by atoms with E-state index < -0.39 is 17.4 Å². The van der Waals surface area contributed by atoms with Crippen molar-refractivity contribution in [2.75, 3.05) is 26.2 Å². The Hall–Kier alpha value is -9.70. The summed E-state index contributed by atoms with van der Waals surface area (Å²) in [4.78, 5) is 138. The van der Waals surface area contributed by atoms with Gasteiger partial charge in [-0.05, 0) is 218 Å². The van der Waals surface area contributed by atoms with Crippen LogP contribution in [0.5, 0.6) is 11.5 Å². The zero-order valence-electron chi connectivity index (χ0n) is 85.2. The maximum atomic E-state index is 14.2. The minimum absolute atomic E-state index is 0.167. The average molecular weight is 1890 g/mol. The van der Waals surface area contributed by atoms with Crippen LogP contribution in [0.15, 0.2) is 158 Å². The standard InChI is InChI=1S/C123H166N4O12/c1-5-9-13-17-29-41-57-101-91(53-37-15-11-7-3)65-67-93(55-39-27-19-23-33-49-85-124-113(128)81-82-114(124)129)103(101)59-43-31-21-25-35-51-87-126-117(132)107-79-69-95(89-109(107)119(126)134)121(136)138-99-75-71-97(72-76-99)123(111-63-47-45-61-105(111)106-62-46-48-64-112(106)123)98-73-77-100(78-74-98)139-122(137)96-70-80-108-110(90-96)120(135)127(118(108)133)88-52-36-26-22-32-44-60-104-94(56-40-28-20-24-34-50-86-125-115(130)83-84-116(125)131)68-66-92(54-38-16-12-8-4)102(104)58-42-30-18-14-10-6-2/h45-48,61-64,69-84,89-94,101-104H,5-44,49-60,65-68,85-88H2,1-4H3. The molecule has 8 amide bonds. The highest BCUT2D eigenvalue weighted by molar-refractivity contribution is 6.23. The van der Waals surface area contributed by atoms with E-state index in [4.69, 9.17) is 9.47 Å². The monoisotopic (exact) mass is 1890 g/mol. The second-order valence-electron chi connectivity index (χ2n) is 42.3. The fourth-order valence-electron chi connectivity index (χ4n) is 25.3. The van der Waals surface area contributed by atoms with Gasteiger partial charge in [0, 0.05) is 50.5 Å². The molecule has 139 heavy (non-hydrogen) atoms. The maximum Gasteiger partial charge on any atom is 0.343 e. The Kier molecular flexibility index (Phi) is 43.1. The van der Waals surface area contributed by atoms with E-state index >= 15 is 0 Å². The molecule has 0 spiro atoms. The molecule has 0 saturated heterocycles. The zero-order valence-corrected chi connectivity index (χ0v) is 85.2. The van der Waals surface area contributed by atoms with Crippen molar-refractivity contribution in [1.82, 2.24) is 19.6 Å². The Morgan fingerprint density at radius 2 is 0.504 bits per heavy atom. The van der Waals surface area contributed by atoms with E-state index in [2.05, 4.69) is 52.0 Å². The Morgan fingerprint density at radius 1 is 0.259 bits per heavy atom. The first-order valence-corrected chi connectivity index (χ1v) is 56.0. The number of imide groups is 4. The molecular formula is C123H166N4O12. The molecule has 8 atom stereocenters. The van der Waals surface area contributed by atoms with Gasteiger partial charge in [0.15, 0.2) is 0 Å². The Morgan fingerprint density at radius 3 is 0.799 bits per heavy atom. The van der Waals surface area contributed by atoms with E-state index in [9.17, 15) is 47.9 Å². The number of ether oxygens (including phenoxy) is 2. The van der Waals surface area contributed by atoms with Gasteiger partial charge in [0.2, 0.25) is 0 Å². The van der Waals surface area contributed by atoms with E-state index in [-0.39, 0.29) is 69.5 Å². The molecule has 7 aliphatic rings. The van der Waals surface area contributed by atoms with E-state index in [1.807, 2.05) is 48.5 Å². The molecule has 16 heteroatoms. The smallest absolute Gasteiger partial charge is 0.343 e. The predicted octanol–water partition coefficient (Wildman–Crippen LogP) is 30.4. The van der Waals surface area contributed by atoms with E-state index in [0.717, 1.165) is 171 Å². The largest absolute Gasteiger partial charge is 0.423 e. The maximum absolute atomic E-state index is 14.2. The highest BCUT2D eigenvalue weighted by Gasteiger charge is 2.48. The normalized spacial score (nSPS) is 19.7. The average Bonchev–Trinajstić information content (AvgIpc) is 1.54. The third-order valence-corrected chi connectivity index (χ3v) is 32.9. The van der Waals surface area contributed by atoms with Crippen LogP contribution in [0, 0.1) is 47.3 Å². The number of rotatable bonds is 66. The van der Waals surface area contributed by atoms with Crippen LogP contribution in [-0.2, 0) is 24.6 Å². The number of nitrogens with zero attached hydrogens (tertiary/aromatic N) is 4. The Labute approximate surface area is 833 Å². The summed E-state index contributed by atoms with van der Waals surface area (Å²) in [6.07, 6.45) is 74.7. The summed E-state index contributed by atoms with van der Waals surface area (Å²) < 4.78 is 12.2. The van der Waals surface area contributed by atoms with E-state index in [1.165, 1.54) is 326 Å². The minimum Gasteiger partial charge on any atom is -0.423 e. The summed E-state index contributed by atoms with van der Waals surface area (Å²) in [5, 5.41) is 0. The summed E-state index contributed by atoms with van der Waals surface area (Å²) in [7, 11) is 0. The molecule has 2 saturated carbocycles. The van der Waals surface area contributed by atoms with Crippen LogP contribution in [0.1, 0.15) is 472 Å². The minimum atomic E-state index is -0.865. The third-order valence-electron chi connectivity index (χ3n) is 32.9. The molecule has 16 nitrogen and oxygen atoms in total. The second-order valence-corrected chi connectivity index (χ2v) is 42.3. The molecule has 13 rings (SSSR count). The van der Waals surface area contributed by atoms with Crippen molar-refractivity contribution >= 4 is 59.2 Å². The number of benzene rings is 6. The Bertz CT molecular complexity index is 4690.